The van der Waals surface area contributed by atoms with Crippen molar-refractivity contribution in [3.05, 3.63) is 34.9 Å². The lowest BCUT2D eigenvalue weighted by Gasteiger charge is -2.15. The van der Waals surface area contributed by atoms with Gasteiger partial charge in [0.2, 0.25) is 0 Å². The quantitative estimate of drug-likeness (QED) is 0.849. The Balaban J connectivity index is 2.55. The van der Waals surface area contributed by atoms with Crippen LogP contribution in [0.25, 0.3) is 0 Å². The van der Waals surface area contributed by atoms with Crippen LogP contribution >= 0.6 is 11.6 Å². The zero-order valence-corrected chi connectivity index (χ0v) is 10.2. The number of carbonyl (C=O) groups is 1. The highest BCUT2D eigenvalue weighted by Crippen LogP contribution is 2.09. The number of amides is 1. The Hall–Kier alpha value is -1.06. The monoisotopic (exact) mass is 241 g/mol. The molecule has 0 saturated carbocycles. The van der Waals surface area contributed by atoms with Crippen molar-refractivity contribution < 1.29 is 9.90 Å². The van der Waals surface area contributed by atoms with E-state index >= 15 is 0 Å². The lowest BCUT2D eigenvalue weighted by atomic mass is 10.1. The molecule has 4 heteroatoms. The third kappa shape index (κ3) is 4.21. The fraction of sp³-hybridized carbons (Fsp3) is 0.417. The van der Waals surface area contributed by atoms with Gasteiger partial charge in [0, 0.05) is 16.6 Å². The van der Waals surface area contributed by atoms with E-state index in [9.17, 15) is 9.90 Å². The average Bonchev–Trinajstić information content (AvgIpc) is 2.16. The van der Waals surface area contributed by atoms with Gasteiger partial charge in [0.15, 0.2) is 0 Å². The summed E-state index contributed by atoms with van der Waals surface area (Å²) in [6.45, 7) is 3.56. The summed E-state index contributed by atoms with van der Waals surface area (Å²) < 4.78 is 0. The maximum absolute atomic E-state index is 11.7. The molecule has 0 fully saturated rings. The van der Waals surface area contributed by atoms with Crippen LogP contribution in [0.2, 0.25) is 5.02 Å². The van der Waals surface area contributed by atoms with E-state index in [1.54, 1.807) is 31.2 Å². The van der Waals surface area contributed by atoms with Crippen LogP contribution in [0.4, 0.5) is 0 Å². The van der Waals surface area contributed by atoms with E-state index < -0.39 is 6.10 Å². The van der Waals surface area contributed by atoms with Gasteiger partial charge in [-0.15, -0.1) is 0 Å². The molecule has 3 nitrogen and oxygen atoms in total. The predicted octanol–water partition coefficient (Wildman–Crippen LogP) is 2.23. The second-order valence-corrected chi connectivity index (χ2v) is 4.40. The Morgan fingerprint density at radius 3 is 2.44 bits per heavy atom. The first-order valence-corrected chi connectivity index (χ1v) is 5.61. The van der Waals surface area contributed by atoms with Gasteiger partial charge in [-0.2, -0.15) is 0 Å². The second-order valence-electron chi connectivity index (χ2n) is 3.97. The molecule has 0 aromatic heterocycles. The van der Waals surface area contributed by atoms with Gasteiger partial charge in [0.05, 0.1) is 6.10 Å². The van der Waals surface area contributed by atoms with Crippen LogP contribution in [-0.2, 0) is 0 Å². The normalized spacial score (nSPS) is 14.2. The molecule has 0 aliphatic carbocycles. The largest absolute Gasteiger partial charge is 0.393 e. The van der Waals surface area contributed by atoms with Gasteiger partial charge in [-0.3, -0.25) is 4.79 Å². The van der Waals surface area contributed by atoms with Gasteiger partial charge in [-0.05, 0) is 44.5 Å². The zero-order chi connectivity index (χ0) is 12.1. The van der Waals surface area contributed by atoms with Crippen molar-refractivity contribution in [1.29, 1.82) is 0 Å². The summed E-state index contributed by atoms with van der Waals surface area (Å²) >= 11 is 5.73. The van der Waals surface area contributed by atoms with Crippen molar-refractivity contribution in [3.8, 4) is 0 Å². The number of hydrogen-bond donors (Lipinski definition) is 2. The summed E-state index contributed by atoms with van der Waals surface area (Å²) in [5.41, 5.74) is 0.571. The highest BCUT2D eigenvalue weighted by molar-refractivity contribution is 6.30. The van der Waals surface area contributed by atoms with Crippen molar-refractivity contribution >= 4 is 17.5 Å². The molecule has 0 aliphatic rings. The van der Waals surface area contributed by atoms with E-state index in [1.807, 2.05) is 6.92 Å². The Morgan fingerprint density at radius 1 is 1.38 bits per heavy atom. The maximum atomic E-state index is 11.7. The SMILES string of the molecule is CC(O)CC(C)NC(=O)c1ccc(Cl)cc1. The van der Waals surface area contributed by atoms with E-state index in [0.29, 0.717) is 17.0 Å². The number of halogens is 1. The smallest absolute Gasteiger partial charge is 0.251 e. The van der Waals surface area contributed by atoms with E-state index in [-0.39, 0.29) is 11.9 Å². The Morgan fingerprint density at radius 2 is 1.94 bits per heavy atom. The molecule has 2 N–H and O–H groups in total. The summed E-state index contributed by atoms with van der Waals surface area (Å²) in [5, 5.41) is 12.6. The van der Waals surface area contributed by atoms with Gasteiger partial charge in [0.25, 0.3) is 5.91 Å². The van der Waals surface area contributed by atoms with Gasteiger partial charge >= 0.3 is 0 Å². The summed E-state index contributed by atoms with van der Waals surface area (Å²) in [6.07, 6.45) is 0.125. The minimum Gasteiger partial charge on any atom is -0.393 e. The molecule has 0 aliphatic heterocycles. The van der Waals surface area contributed by atoms with E-state index in [1.165, 1.54) is 0 Å². The van der Waals surface area contributed by atoms with Crippen LogP contribution in [0.1, 0.15) is 30.6 Å². The molecular weight excluding hydrogens is 226 g/mol. The van der Waals surface area contributed by atoms with Crippen molar-refractivity contribution in [2.45, 2.75) is 32.4 Å². The van der Waals surface area contributed by atoms with Crippen LogP contribution in [0, 0.1) is 0 Å². The Bertz CT molecular complexity index is 349. The molecule has 1 aromatic rings. The molecule has 1 rings (SSSR count). The molecular formula is C12H16ClNO2. The maximum Gasteiger partial charge on any atom is 0.251 e. The van der Waals surface area contributed by atoms with E-state index in [0.717, 1.165) is 0 Å². The number of carbonyl (C=O) groups excluding carboxylic acids is 1. The zero-order valence-electron chi connectivity index (χ0n) is 9.40. The minimum absolute atomic E-state index is 0.0526. The number of hydrogen-bond acceptors (Lipinski definition) is 2. The summed E-state index contributed by atoms with van der Waals surface area (Å²) in [7, 11) is 0. The Labute approximate surface area is 100 Å². The summed E-state index contributed by atoms with van der Waals surface area (Å²) in [6, 6.07) is 6.65. The second kappa shape index (κ2) is 5.87. The number of rotatable bonds is 4. The first-order valence-electron chi connectivity index (χ1n) is 5.23. The topological polar surface area (TPSA) is 49.3 Å². The number of aliphatic hydroxyl groups excluding tert-OH is 1. The van der Waals surface area contributed by atoms with Crippen LogP contribution < -0.4 is 5.32 Å². The molecule has 0 spiro atoms. The fourth-order valence-corrected chi connectivity index (χ4v) is 1.60. The van der Waals surface area contributed by atoms with Gasteiger partial charge in [-0.25, -0.2) is 0 Å². The molecule has 16 heavy (non-hydrogen) atoms. The lowest BCUT2D eigenvalue weighted by molar-refractivity contribution is 0.0923. The first-order chi connectivity index (χ1) is 7.49. The van der Waals surface area contributed by atoms with Crippen molar-refractivity contribution in [2.24, 2.45) is 0 Å². The number of aliphatic hydroxyl groups is 1. The third-order valence-electron chi connectivity index (χ3n) is 2.18. The molecule has 2 unspecified atom stereocenters. The molecule has 2 atom stereocenters. The van der Waals surface area contributed by atoms with Crippen LogP contribution in [0.15, 0.2) is 24.3 Å². The minimum atomic E-state index is -0.416. The highest BCUT2D eigenvalue weighted by atomic mass is 35.5. The van der Waals surface area contributed by atoms with E-state index in [2.05, 4.69) is 5.32 Å². The molecule has 0 heterocycles. The molecule has 1 aromatic carbocycles. The molecule has 88 valence electrons. The van der Waals surface area contributed by atoms with E-state index in [4.69, 9.17) is 11.6 Å². The Kier molecular flexibility index (Phi) is 4.77. The molecule has 0 bridgehead atoms. The van der Waals surface area contributed by atoms with Gasteiger partial charge in [-0.1, -0.05) is 11.6 Å². The number of nitrogens with one attached hydrogen (secondary N) is 1. The van der Waals surface area contributed by atoms with Crippen molar-refractivity contribution in [2.75, 3.05) is 0 Å². The van der Waals surface area contributed by atoms with Crippen molar-refractivity contribution in [1.82, 2.24) is 5.32 Å². The average molecular weight is 242 g/mol. The summed E-state index contributed by atoms with van der Waals surface area (Å²) in [4.78, 5) is 11.7. The predicted molar refractivity (Wildman–Crippen MR) is 64.7 cm³/mol. The third-order valence-corrected chi connectivity index (χ3v) is 2.43. The van der Waals surface area contributed by atoms with Gasteiger partial charge < -0.3 is 10.4 Å². The molecule has 0 radical (unpaired) electrons. The molecule has 0 saturated heterocycles. The van der Waals surface area contributed by atoms with Crippen molar-refractivity contribution in [3.63, 3.8) is 0 Å². The van der Waals surface area contributed by atoms with Crippen LogP contribution in [0.3, 0.4) is 0 Å². The van der Waals surface area contributed by atoms with Gasteiger partial charge in [0.1, 0.15) is 0 Å². The highest BCUT2D eigenvalue weighted by Gasteiger charge is 2.11. The standard InChI is InChI=1S/C12H16ClNO2/c1-8(7-9(2)15)14-12(16)10-3-5-11(13)6-4-10/h3-6,8-9,15H,7H2,1-2H3,(H,14,16). The first kappa shape index (κ1) is 13.0. The lowest BCUT2D eigenvalue weighted by Crippen LogP contribution is -2.34. The van der Waals surface area contributed by atoms with Crippen LogP contribution in [0.5, 0.6) is 0 Å². The number of benzene rings is 1. The summed E-state index contributed by atoms with van der Waals surface area (Å²) in [5.74, 6) is -0.148. The fourth-order valence-electron chi connectivity index (χ4n) is 1.48. The van der Waals surface area contributed by atoms with Crippen LogP contribution in [-0.4, -0.2) is 23.2 Å². The molecule has 1 amide bonds.